The fourth-order valence-electron chi connectivity index (χ4n) is 4.62. The molecule has 6 nitrogen and oxygen atoms in total. The Kier molecular flexibility index (Phi) is 9.16. The smallest absolute Gasteiger partial charge is 0.282 e. The van der Waals surface area contributed by atoms with Crippen LogP contribution in [0.1, 0.15) is 42.0 Å². The Hall–Kier alpha value is -3.46. The van der Waals surface area contributed by atoms with Crippen LogP contribution in [0.4, 0.5) is 0 Å². The summed E-state index contributed by atoms with van der Waals surface area (Å²) in [6, 6.07) is 22.6. The van der Waals surface area contributed by atoms with Crippen LogP contribution < -0.4 is 15.0 Å². The van der Waals surface area contributed by atoms with Gasteiger partial charge in [0.1, 0.15) is 18.1 Å². The Morgan fingerprint density at radius 1 is 1.02 bits per heavy atom. The molecule has 0 bridgehead atoms. The van der Waals surface area contributed by atoms with Gasteiger partial charge in [-0.15, -0.1) is 0 Å². The van der Waals surface area contributed by atoms with Gasteiger partial charge in [-0.05, 0) is 115 Å². The molecule has 0 N–H and O–H groups in total. The molecule has 0 unspecified atom stereocenters. The fourth-order valence-corrected chi connectivity index (χ4v) is 6.20. The van der Waals surface area contributed by atoms with E-state index in [1.54, 1.807) is 19.4 Å². The summed E-state index contributed by atoms with van der Waals surface area (Å²) in [5, 5.41) is 5.83. The third-order valence-electron chi connectivity index (χ3n) is 6.83. The monoisotopic (exact) mass is 707 g/mol. The number of halogens is 3. The van der Waals surface area contributed by atoms with E-state index in [1.807, 2.05) is 73.7 Å². The van der Waals surface area contributed by atoms with Crippen LogP contribution in [-0.2, 0) is 6.61 Å². The van der Waals surface area contributed by atoms with E-state index in [4.69, 9.17) is 26.1 Å². The third-order valence-corrected chi connectivity index (χ3v) is 8.26. The summed E-state index contributed by atoms with van der Waals surface area (Å²) in [6.45, 7) is 6.57. The maximum absolute atomic E-state index is 13.8. The molecule has 1 aromatic heterocycles. The summed E-state index contributed by atoms with van der Waals surface area (Å²) in [6.07, 6.45) is 1.64. The van der Waals surface area contributed by atoms with Crippen molar-refractivity contribution >= 4 is 60.6 Å². The number of fused-ring (bicyclic) bond motifs is 1. The van der Waals surface area contributed by atoms with Crippen molar-refractivity contribution in [2.24, 2.45) is 5.10 Å². The molecule has 0 aliphatic carbocycles. The molecule has 42 heavy (non-hydrogen) atoms. The lowest BCUT2D eigenvalue weighted by Gasteiger charge is -2.17. The summed E-state index contributed by atoms with van der Waals surface area (Å²) in [4.78, 5) is 18.7. The van der Waals surface area contributed by atoms with Gasteiger partial charge in [0.05, 0.1) is 33.2 Å². The van der Waals surface area contributed by atoms with Gasteiger partial charge < -0.3 is 9.47 Å². The Morgan fingerprint density at radius 2 is 1.71 bits per heavy atom. The van der Waals surface area contributed by atoms with Crippen LogP contribution in [0.25, 0.3) is 22.3 Å². The van der Waals surface area contributed by atoms with Crippen LogP contribution in [-0.4, -0.2) is 23.0 Å². The number of para-hydroxylation sites is 1. The van der Waals surface area contributed by atoms with Crippen molar-refractivity contribution in [1.82, 2.24) is 9.66 Å². The first kappa shape index (κ1) is 30.0. The maximum atomic E-state index is 13.8. The topological polar surface area (TPSA) is 65.7 Å². The van der Waals surface area contributed by atoms with Crippen molar-refractivity contribution in [3.63, 3.8) is 0 Å². The minimum Gasteiger partial charge on any atom is -0.496 e. The molecule has 0 radical (unpaired) electrons. The van der Waals surface area contributed by atoms with Crippen molar-refractivity contribution in [1.29, 1.82) is 0 Å². The second-order valence-electron chi connectivity index (χ2n) is 10.1. The minimum atomic E-state index is -0.255. The molecule has 0 saturated carbocycles. The lowest BCUT2D eigenvalue weighted by atomic mass is 9.96. The van der Waals surface area contributed by atoms with E-state index in [2.05, 4.69) is 50.8 Å². The molecule has 214 valence electrons. The SMILES string of the molecule is COc1cc(C)c(-c2nc3ccccc3c(=O)n2N=Cc2cc(Br)c(OCc3ccc(Cl)cc3)c(Br)c2)cc1C(C)C. The molecule has 0 fully saturated rings. The van der Waals surface area contributed by atoms with Crippen molar-refractivity contribution < 1.29 is 9.47 Å². The normalized spacial score (nSPS) is 11.5. The number of benzene rings is 4. The van der Waals surface area contributed by atoms with Crippen LogP contribution in [0, 0.1) is 6.92 Å². The van der Waals surface area contributed by atoms with Crippen molar-refractivity contribution in [2.75, 3.05) is 7.11 Å². The van der Waals surface area contributed by atoms with E-state index in [-0.39, 0.29) is 11.5 Å². The number of aryl methyl sites for hydroxylation is 1. The van der Waals surface area contributed by atoms with Crippen molar-refractivity contribution in [3.05, 3.63) is 119 Å². The average molecular weight is 710 g/mol. The first-order valence-electron chi connectivity index (χ1n) is 13.3. The summed E-state index contributed by atoms with van der Waals surface area (Å²) in [5.74, 6) is 2.12. The Bertz CT molecular complexity index is 1850. The van der Waals surface area contributed by atoms with Gasteiger partial charge in [-0.1, -0.05) is 49.7 Å². The number of nitrogens with zero attached hydrogens (tertiary/aromatic N) is 3. The highest BCUT2D eigenvalue weighted by Crippen LogP contribution is 2.36. The van der Waals surface area contributed by atoms with Crippen LogP contribution in [0.5, 0.6) is 11.5 Å². The zero-order chi connectivity index (χ0) is 30.0. The molecule has 0 aliphatic heterocycles. The predicted molar refractivity (Wildman–Crippen MR) is 177 cm³/mol. The highest BCUT2D eigenvalue weighted by molar-refractivity contribution is 9.11. The molecular formula is C33H28Br2ClN3O3. The third kappa shape index (κ3) is 6.31. The van der Waals surface area contributed by atoms with Crippen molar-refractivity contribution in [3.8, 4) is 22.9 Å². The van der Waals surface area contributed by atoms with Crippen LogP contribution in [0.15, 0.2) is 91.6 Å². The summed E-state index contributed by atoms with van der Waals surface area (Å²) in [7, 11) is 1.67. The second-order valence-corrected chi connectivity index (χ2v) is 12.3. The first-order valence-corrected chi connectivity index (χ1v) is 15.2. The van der Waals surface area contributed by atoms with Gasteiger partial charge in [0.25, 0.3) is 5.56 Å². The first-order chi connectivity index (χ1) is 20.2. The average Bonchev–Trinajstić information content (AvgIpc) is 2.96. The van der Waals surface area contributed by atoms with Crippen LogP contribution in [0.3, 0.4) is 0 Å². The Balaban J connectivity index is 1.56. The van der Waals surface area contributed by atoms with Gasteiger partial charge in [-0.2, -0.15) is 9.78 Å². The Morgan fingerprint density at radius 3 is 2.38 bits per heavy atom. The highest BCUT2D eigenvalue weighted by Gasteiger charge is 2.18. The van der Waals surface area contributed by atoms with Gasteiger partial charge in [0, 0.05) is 10.6 Å². The lowest BCUT2D eigenvalue weighted by Crippen LogP contribution is -2.20. The number of rotatable bonds is 8. The molecule has 0 saturated heterocycles. The molecule has 5 aromatic rings. The number of ether oxygens (including phenoxy) is 2. The van der Waals surface area contributed by atoms with E-state index in [0.717, 1.165) is 42.5 Å². The van der Waals surface area contributed by atoms with Crippen LogP contribution >= 0.6 is 43.5 Å². The molecule has 0 atom stereocenters. The van der Waals surface area contributed by atoms with Gasteiger partial charge in [0.2, 0.25) is 0 Å². The van der Waals surface area contributed by atoms with Crippen molar-refractivity contribution in [2.45, 2.75) is 33.3 Å². The summed E-state index contributed by atoms with van der Waals surface area (Å²) < 4.78 is 14.6. The van der Waals surface area contributed by atoms with E-state index < -0.39 is 0 Å². The van der Waals surface area contributed by atoms with E-state index >= 15 is 0 Å². The van der Waals surface area contributed by atoms with Gasteiger partial charge in [-0.25, -0.2) is 4.98 Å². The van der Waals surface area contributed by atoms with E-state index in [9.17, 15) is 4.79 Å². The number of hydrogen-bond acceptors (Lipinski definition) is 5. The van der Waals surface area contributed by atoms with Gasteiger partial charge in [0.15, 0.2) is 5.82 Å². The summed E-state index contributed by atoms with van der Waals surface area (Å²) in [5.41, 5.74) is 4.87. The molecule has 0 aliphatic rings. The predicted octanol–water partition coefficient (Wildman–Crippen LogP) is 9.14. The molecule has 0 spiro atoms. The summed E-state index contributed by atoms with van der Waals surface area (Å²) >= 11 is 13.2. The maximum Gasteiger partial charge on any atom is 0.282 e. The standard InChI is InChI=1S/C33H28Br2ClN3O3/c1-19(2)25-16-26(20(3)13-30(25)41-4)32-38-29-8-6-5-7-24(29)33(40)39(32)37-17-22-14-27(34)31(28(35)15-22)42-18-21-9-11-23(36)12-10-21/h5-17,19H,18H2,1-4H3. The van der Waals surface area contributed by atoms with Gasteiger partial charge >= 0.3 is 0 Å². The highest BCUT2D eigenvalue weighted by atomic mass is 79.9. The zero-order valence-electron chi connectivity index (χ0n) is 23.5. The molecule has 5 rings (SSSR count). The van der Waals surface area contributed by atoms with Gasteiger partial charge in [-0.3, -0.25) is 4.79 Å². The zero-order valence-corrected chi connectivity index (χ0v) is 27.4. The molecular weight excluding hydrogens is 682 g/mol. The number of aromatic nitrogens is 2. The fraction of sp³-hybridized carbons (Fsp3) is 0.182. The molecule has 9 heteroatoms. The quantitative estimate of drug-likeness (QED) is 0.151. The van der Waals surface area contributed by atoms with E-state index in [1.165, 1.54) is 4.68 Å². The minimum absolute atomic E-state index is 0.207. The molecule has 4 aromatic carbocycles. The molecule has 0 amide bonds. The lowest BCUT2D eigenvalue weighted by molar-refractivity contribution is 0.302. The largest absolute Gasteiger partial charge is 0.496 e. The van der Waals surface area contributed by atoms with E-state index in [0.29, 0.717) is 34.1 Å². The second kappa shape index (κ2) is 12.8. The Labute approximate surface area is 266 Å². The number of methoxy groups -OCH3 is 1. The molecule has 1 heterocycles. The van der Waals surface area contributed by atoms with Crippen LogP contribution in [0.2, 0.25) is 5.02 Å². The number of hydrogen-bond donors (Lipinski definition) is 0.